The number of ether oxygens (including phenoxy) is 1. The third kappa shape index (κ3) is 5.83. The van der Waals surface area contributed by atoms with Gasteiger partial charge in [-0.3, -0.25) is 19.2 Å². The highest BCUT2D eigenvalue weighted by Crippen LogP contribution is 2.25. The van der Waals surface area contributed by atoms with Crippen LogP contribution >= 0.6 is 23.5 Å². The Morgan fingerprint density at radius 3 is 2.50 bits per heavy atom. The van der Waals surface area contributed by atoms with Gasteiger partial charge < -0.3 is 20.7 Å². The molecule has 12 heteroatoms. The summed E-state index contributed by atoms with van der Waals surface area (Å²) in [5.41, 5.74) is 1.73. The average molecular weight is 450 g/mol. The first-order valence-electron chi connectivity index (χ1n) is 8.88. The summed E-state index contributed by atoms with van der Waals surface area (Å²) in [6.45, 7) is 1.95. The molecule has 2 fully saturated rings. The summed E-state index contributed by atoms with van der Waals surface area (Å²) < 4.78 is 4.61. The number of rotatable bonds is 6. The van der Waals surface area contributed by atoms with E-state index in [4.69, 9.17) is 0 Å². The molecule has 0 spiro atoms. The summed E-state index contributed by atoms with van der Waals surface area (Å²) in [4.78, 5) is 47.4. The number of nitrogens with one attached hydrogen (secondary N) is 3. The normalized spacial score (nSPS) is 23.4. The van der Waals surface area contributed by atoms with E-state index in [9.17, 15) is 19.2 Å². The first kappa shape index (κ1) is 21.8. The lowest BCUT2D eigenvalue weighted by molar-refractivity contribution is -0.140. The molecule has 2 saturated heterocycles. The minimum absolute atomic E-state index is 0.0302. The van der Waals surface area contributed by atoms with Crippen molar-refractivity contribution >= 4 is 63.2 Å². The van der Waals surface area contributed by atoms with Gasteiger partial charge in [0.15, 0.2) is 5.17 Å². The molecule has 0 saturated carbocycles. The zero-order valence-electron chi connectivity index (χ0n) is 16.1. The number of nitrogens with zero attached hydrogens (tertiary/aromatic N) is 2. The molecule has 30 heavy (non-hydrogen) atoms. The highest BCUT2D eigenvalue weighted by molar-refractivity contribution is 8.15. The number of aryl methyl sites for hydroxylation is 1. The van der Waals surface area contributed by atoms with Gasteiger partial charge >= 0.3 is 5.97 Å². The van der Waals surface area contributed by atoms with Crippen molar-refractivity contribution in [2.24, 2.45) is 10.2 Å². The molecule has 0 unspecified atom stereocenters. The van der Waals surface area contributed by atoms with Gasteiger partial charge in [-0.1, -0.05) is 41.2 Å². The van der Waals surface area contributed by atoms with E-state index in [1.807, 2.05) is 19.1 Å². The van der Waals surface area contributed by atoms with Gasteiger partial charge in [0, 0.05) is 12.1 Å². The monoisotopic (exact) mass is 449 g/mol. The van der Waals surface area contributed by atoms with E-state index >= 15 is 0 Å². The van der Waals surface area contributed by atoms with Crippen LogP contribution in [0.15, 0.2) is 34.5 Å². The van der Waals surface area contributed by atoms with E-state index in [1.165, 1.54) is 7.11 Å². The topological polar surface area (TPSA) is 138 Å². The number of methoxy groups -OCH3 is 1. The quantitative estimate of drug-likeness (QED) is 0.443. The predicted molar refractivity (Wildman–Crippen MR) is 115 cm³/mol. The summed E-state index contributed by atoms with van der Waals surface area (Å²) in [5.74, 6) is -0.920. The minimum Gasteiger partial charge on any atom is -0.469 e. The van der Waals surface area contributed by atoms with Crippen LogP contribution in [0.3, 0.4) is 0 Å². The van der Waals surface area contributed by atoms with Crippen LogP contribution < -0.4 is 16.0 Å². The second-order valence-corrected chi connectivity index (χ2v) is 8.77. The molecule has 3 rings (SSSR count). The fourth-order valence-electron chi connectivity index (χ4n) is 2.57. The second-order valence-electron chi connectivity index (χ2n) is 6.40. The molecule has 0 bridgehead atoms. The van der Waals surface area contributed by atoms with Crippen LogP contribution in [0.4, 0.5) is 10.5 Å². The Morgan fingerprint density at radius 1 is 1.07 bits per heavy atom. The highest BCUT2D eigenvalue weighted by Gasteiger charge is 2.34. The molecule has 2 heterocycles. The number of anilines is 1. The maximum Gasteiger partial charge on any atom is 0.307 e. The summed E-state index contributed by atoms with van der Waals surface area (Å²) in [6.07, 6.45) is -0.0670. The lowest BCUT2D eigenvalue weighted by atomic mass is 10.2. The molecule has 1 aromatic carbocycles. The van der Waals surface area contributed by atoms with E-state index in [0.717, 1.165) is 29.1 Å². The Morgan fingerprint density at radius 2 is 1.80 bits per heavy atom. The van der Waals surface area contributed by atoms with Crippen LogP contribution in [0.25, 0.3) is 0 Å². The zero-order valence-corrected chi connectivity index (χ0v) is 17.8. The number of amides is 3. The third-order valence-electron chi connectivity index (χ3n) is 4.10. The van der Waals surface area contributed by atoms with Gasteiger partial charge in [0.1, 0.15) is 11.1 Å². The maximum absolute atomic E-state index is 12.2. The Bertz CT molecular complexity index is 931. The molecule has 2 aliphatic rings. The van der Waals surface area contributed by atoms with Gasteiger partial charge in [0.2, 0.25) is 11.8 Å². The molecule has 3 N–H and O–H groups in total. The Kier molecular flexibility index (Phi) is 7.11. The van der Waals surface area contributed by atoms with Crippen molar-refractivity contribution in [2.45, 2.75) is 30.3 Å². The van der Waals surface area contributed by atoms with Crippen LogP contribution in [0.1, 0.15) is 18.4 Å². The Balaban J connectivity index is 1.58. The standard InChI is InChI=1S/C18H19N5O5S2/c1-9-3-5-10(6-4-9)19-13(24)7-12-16(26)21-17(29-12)23-22-15-11(8-14(25)28-2)30-18(27)20-15/h3-6,11-12H,7-8H2,1-2H3,(H,19,24)(H,20,22,27)(H,21,23,26)/t11-,12+/m1/s1. The SMILES string of the molecule is COC(=O)C[C@H]1SC(=O)N/C1=N\N=C1\NC(=O)[C@H](CC(=O)Nc2ccc(C)cc2)S1. The second kappa shape index (κ2) is 9.76. The number of hydrogen-bond donors (Lipinski definition) is 3. The first-order chi connectivity index (χ1) is 14.3. The van der Waals surface area contributed by atoms with Gasteiger partial charge in [0.05, 0.1) is 18.8 Å². The number of hydrogen-bond acceptors (Lipinski definition) is 9. The molecule has 0 radical (unpaired) electrons. The van der Waals surface area contributed by atoms with E-state index < -0.39 is 16.5 Å². The van der Waals surface area contributed by atoms with Gasteiger partial charge in [0.25, 0.3) is 5.24 Å². The minimum atomic E-state index is -0.646. The number of benzene rings is 1. The molecule has 0 aliphatic carbocycles. The van der Waals surface area contributed by atoms with Gasteiger partial charge in [-0.15, -0.1) is 10.2 Å². The van der Waals surface area contributed by atoms with Gasteiger partial charge in [-0.05, 0) is 19.1 Å². The number of carbonyl (C=O) groups excluding carboxylic acids is 4. The van der Waals surface area contributed by atoms with E-state index in [1.54, 1.807) is 12.1 Å². The first-order valence-corrected chi connectivity index (χ1v) is 10.6. The third-order valence-corrected chi connectivity index (χ3v) is 6.16. The number of esters is 1. The fourth-order valence-corrected chi connectivity index (χ4v) is 4.34. The molecular formula is C18H19N5O5S2. The molecule has 158 valence electrons. The Labute approximate surface area is 180 Å². The molecule has 2 aliphatic heterocycles. The van der Waals surface area contributed by atoms with Crippen molar-refractivity contribution in [3.63, 3.8) is 0 Å². The molecule has 2 atom stereocenters. The largest absolute Gasteiger partial charge is 0.469 e. The summed E-state index contributed by atoms with van der Waals surface area (Å²) in [5, 5.41) is 14.4. The average Bonchev–Trinajstić information content (AvgIpc) is 3.23. The summed E-state index contributed by atoms with van der Waals surface area (Å²) >= 11 is 1.99. The Hall–Kier alpha value is -2.86. The lowest BCUT2D eigenvalue weighted by Crippen LogP contribution is -2.28. The molecular weight excluding hydrogens is 430 g/mol. The van der Waals surface area contributed by atoms with E-state index in [-0.39, 0.29) is 40.9 Å². The smallest absolute Gasteiger partial charge is 0.307 e. The van der Waals surface area contributed by atoms with E-state index in [0.29, 0.717) is 5.69 Å². The van der Waals surface area contributed by atoms with Crippen molar-refractivity contribution in [3.8, 4) is 0 Å². The van der Waals surface area contributed by atoms with Crippen LogP contribution in [0, 0.1) is 6.92 Å². The summed E-state index contributed by atoms with van der Waals surface area (Å²) in [7, 11) is 1.26. The number of thioether (sulfide) groups is 2. The fraction of sp³-hybridized carbons (Fsp3) is 0.333. The number of amidine groups is 2. The van der Waals surface area contributed by atoms with Crippen LogP contribution in [0.2, 0.25) is 0 Å². The van der Waals surface area contributed by atoms with Crippen LogP contribution in [0.5, 0.6) is 0 Å². The van der Waals surface area contributed by atoms with E-state index in [2.05, 4.69) is 30.9 Å². The van der Waals surface area contributed by atoms with Crippen LogP contribution in [-0.2, 0) is 19.1 Å². The van der Waals surface area contributed by atoms with Crippen molar-refractivity contribution < 1.29 is 23.9 Å². The molecule has 0 aromatic heterocycles. The highest BCUT2D eigenvalue weighted by atomic mass is 32.2. The summed E-state index contributed by atoms with van der Waals surface area (Å²) in [6, 6.07) is 7.34. The zero-order chi connectivity index (χ0) is 21.7. The van der Waals surface area contributed by atoms with Gasteiger partial charge in [-0.2, -0.15) is 0 Å². The number of carbonyl (C=O) groups is 4. The lowest BCUT2D eigenvalue weighted by Gasteiger charge is -2.07. The molecule has 10 nitrogen and oxygen atoms in total. The van der Waals surface area contributed by atoms with Crippen LogP contribution in [-0.4, -0.2) is 51.6 Å². The molecule has 1 aromatic rings. The van der Waals surface area contributed by atoms with Crippen molar-refractivity contribution in [1.82, 2.24) is 10.6 Å². The van der Waals surface area contributed by atoms with Crippen molar-refractivity contribution in [1.29, 1.82) is 0 Å². The maximum atomic E-state index is 12.2. The van der Waals surface area contributed by atoms with Crippen molar-refractivity contribution in [2.75, 3.05) is 12.4 Å². The predicted octanol–water partition coefficient (Wildman–Crippen LogP) is 1.61. The van der Waals surface area contributed by atoms with Crippen molar-refractivity contribution in [3.05, 3.63) is 29.8 Å². The van der Waals surface area contributed by atoms with Gasteiger partial charge in [-0.25, -0.2) is 0 Å². The molecule has 3 amide bonds.